The van der Waals surface area contributed by atoms with Gasteiger partial charge in [-0.2, -0.15) is 0 Å². The van der Waals surface area contributed by atoms with Crippen molar-refractivity contribution < 1.29 is 9.90 Å². The SMILES string of the molecule is [C-]#[N+]c1ccc(N2C(=O)C3(CCC3)N(c3ccc(O)cc3)C2=S)cc1C. The molecular weight excluding hydrogens is 346 g/mol. The highest BCUT2D eigenvalue weighted by atomic mass is 32.1. The molecule has 1 spiro atoms. The van der Waals surface area contributed by atoms with Gasteiger partial charge in [0.05, 0.1) is 6.57 Å². The third-order valence-electron chi connectivity index (χ3n) is 5.26. The zero-order valence-corrected chi connectivity index (χ0v) is 15.1. The molecule has 130 valence electrons. The number of hydrogen-bond acceptors (Lipinski definition) is 3. The monoisotopic (exact) mass is 363 g/mol. The van der Waals surface area contributed by atoms with Crippen molar-refractivity contribution in [3.63, 3.8) is 0 Å². The van der Waals surface area contributed by atoms with Crippen molar-refractivity contribution >= 4 is 40.3 Å². The van der Waals surface area contributed by atoms with Crippen LogP contribution >= 0.6 is 12.2 Å². The number of phenolic OH excluding ortho intramolecular Hbond substituents is 1. The van der Waals surface area contributed by atoms with Crippen LogP contribution in [0.3, 0.4) is 0 Å². The Kier molecular flexibility index (Phi) is 3.70. The lowest BCUT2D eigenvalue weighted by Crippen LogP contribution is -2.55. The van der Waals surface area contributed by atoms with E-state index in [4.69, 9.17) is 18.8 Å². The third kappa shape index (κ3) is 2.21. The van der Waals surface area contributed by atoms with E-state index in [-0.39, 0.29) is 11.7 Å². The summed E-state index contributed by atoms with van der Waals surface area (Å²) in [6.07, 6.45) is 2.48. The van der Waals surface area contributed by atoms with Gasteiger partial charge in [-0.3, -0.25) is 9.69 Å². The highest BCUT2D eigenvalue weighted by molar-refractivity contribution is 7.81. The van der Waals surface area contributed by atoms with Crippen molar-refractivity contribution in [2.24, 2.45) is 0 Å². The topological polar surface area (TPSA) is 48.1 Å². The molecule has 1 amide bonds. The summed E-state index contributed by atoms with van der Waals surface area (Å²) in [4.78, 5) is 20.3. The molecule has 1 aliphatic heterocycles. The number of anilines is 2. The van der Waals surface area contributed by atoms with E-state index >= 15 is 0 Å². The summed E-state index contributed by atoms with van der Waals surface area (Å²) in [5.41, 5.74) is 2.25. The number of benzene rings is 2. The summed E-state index contributed by atoms with van der Waals surface area (Å²) in [6.45, 7) is 9.06. The second kappa shape index (κ2) is 5.82. The molecule has 2 fully saturated rings. The predicted octanol–water partition coefficient (Wildman–Crippen LogP) is 4.31. The number of phenols is 1. The van der Waals surface area contributed by atoms with Gasteiger partial charge in [0.2, 0.25) is 0 Å². The molecule has 6 heteroatoms. The van der Waals surface area contributed by atoms with Gasteiger partial charge in [-0.1, -0.05) is 6.07 Å². The first kappa shape index (κ1) is 16.6. The number of rotatable bonds is 2. The number of amides is 1. The molecule has 1 N–H and O–H groups in total. The Morgan fingerprint density at radius 1 is 1.15 bits per heavy atom. The summed E-state index contributed by atoms with van der Waals surface area (Å²) in [6, 6.07) is 12.1. The predicted molar refractivity (Wildman–Crippen MR) is 105 cm³/mol. The average molecular weight is 363 g/mol. The van der Waals surface area contributed by atoms with Crippen LogP contribution in [0.4, 0.5) is 17.1 Å². The van der Waals surface area contributed by atoms with E-state index in [0.717, 1.165) is 30.5 Å². The number of hydrogen-bond donors (Lipinski definition) is 1. The van der Waals surface area contributed by atoms with E-state index < -0.39 is 5.54 Å². The number of aromatic hydroxyl groups is 1. The second-order valence-electron chi connectivity index (χ2n) is 6.74. The number of aryl methyl sites for hydroxylation is 1. The van der Waals surface area contributed by atoms with E-state index in [1.807, 2.05) is 17.9 Å². The fourth-order valence-corrected chi connectivity index (χ4v) is 4.18. The standard InChI is InChI=1S/C20H17N3O2S/c1-13-12-15(6-9-17(13)21-2)22-18(25)20(10-3-11-20)23(19(22)26)14-4-7-16(24)8-5-14/h4-9,12,24H,3,10-11H2,1H3. The van der Waals surface area contributed by atoms with Crippen LogP contribution < -0.4 is 9.80 Å². The molecule has 2 aliphatic rings. The van der Waals surface area contributed by atoms with Gasteiger partial charge >= 0.3 is 0 Å². The van der Waals surface area contributed by atoms with Crippen molar-refractivity contribution in [2.75, 3.05) is 9.80 Å². The smallest absolute Gasteiger partial charge is 0.259 e. The van der Waals surface area contributed by atoms with Crippen LogP contribution in [0.25, 0.3) is 4.85 Å². The van der Waals surface area contributed by atoms with Crippen LogP contribution in [0.2, 0.25) is 0 Å². The van der Waals surface area contributed by atoms with Crippen molar-refractivity contribution in [1.82, 2.24) is 0 Å². The number of nitrogens with zero attached hydrogens (tertiary/aromatic N) is 3. The van der Waals surface area contributed by atoms with Gasteiger partial charge in [-0.05, 0) is 80.4 Å². The Morgan fingerprint density at radius 2 is 1.81 bits per heavy atom. The zero-order valence-electron chi connectivity index (χ0n) is 14.3. The average Bonchev–Trinajstić information content (AvgIpc) is 2.83. The highest BCUT2D eigenvalue weighted by Crippen LogP contribution is 2.48. The van der Waals surface area contributed by atoms with Gasteiger partial charge in [0.15, 0.2) is 10.8 Å². The van der Waals surface area contributed by atoms with Gasteiger partial charge in [0.25, 0.3) is 5.91 Å². The van der Waals surface area contributed by atoms with Gasteiger partial charge in [-0.25, -0.2) is 4.85 Å². The summed E-state index contributed by atoms with van der Waals surface area (Å²) < 4.78 is 0. The third-order valence-corrected chi connectivity index (χ3v) is 5.62. The Bertz CT molecular complexity index is 958. The summed E-state index contributed by atoms with van der Waals surface area (Å²) >= 11 is 5.70. The van der Waals surface area contributed by atoms with Crippen LogP contribution in [-0.4, -0.2) is 21.7 Å². The Hall–Kier alpha value is -2.91. The highest BCUT2D eigenvalue weighted by Gasteiger charge is 2.59. The van der Waals surface area contributed by atoms with Crippen LogP contribution in [0.15, 0.2) is 42.5 Å². The van der Waals surface area contributed by atoms with E-state index in [2.05, 4.69) is 4.85 Å². The first-order valence-corrected chi connectivity index (χ1v) is 8.85. The maximum absolute atomic E-state index is 13.3. The van der Waals surface area contributed by atoms with E-state index in [9.17, 15) is 9.90 Å². The molecule has 26 heavy (non-hydrogen) atoms. The molecular formula is C20H17N3O2S. The molecule has 0 unspecified atom stereocenters. The lowest BCUT2D eigenvalue weighted by Gasteiger charge is -2.43. The van der Waals surface area contributed by atoms with Crippen LogP contribution in [0.1, 0.15) is 24.8 Å². The molecule has 1 aliphatic carbocycles. The van der Waals surface area contributed by atoms with Crippen LogP contribution in [0.5, 0.6) is 5.75 Å². The summed E-state index contributed by atoms with van der Waals surface area (Å²) in [5.74, 6) is 0.159. The maximum atomic E-state index is 13.3. The van der Waals surface area contributed by atoms with Gasteiger partial charge in [0, 0.05) is 11.4 Å². The Labute approximate surface area is 157 Å². The Morgan fingerprint density at radius 3 is 2.35 bits per heavy atom. The molecule has 0 atom stereocenters. The molecule has 5 nitrogen and oxygen atoms in total. The zero-order chi connectivity index (χ0) is 18.5. The minimum atomic E-state index is -0.638. The Balaban J connectivity index is 1.80. The first-order valence-electron chi connectivity index (χ1n) is 8.44. The van der Waals surface area contributed by atoms with Gasteiger partial charge in [0.1, 0.15) is 11.3 Å². The number of carbonyl (C=O) groups is 1. The van der Waals surface area contributed by atoms with Gasteiger partial charge in [-0.15, -0.1) is 0 Å². The molecule has 1 saturated carbocycles. The molecule has 0 aromatic heterocycles. The van der Waals surface area contributed by atoms with Crippen LogP contribution in [0, 0.1) is 13.5 Å². The van der Waals surface area contributed by atoms with Gasteiger partial charge < -0.3 is 10.0 Å². The van der Waals surface area contributed by atoms with E-state index in [1.54, 1.807) is 41.3 Å². The minimum Gasteiger partial charge on any atom is -0.508 e. The second-order valence-corrected chi connectivity index (χ2v) is 7.11. The number of thiocarbonyl (C=S) groups is 1. The van der Waals surface area contributed by atoms with Crippen molar-refractivity contribution in [3.05, 3.63) is 59.4 Å². The van der Waals surface area contributed by atoms with Crippen molar-refractivity contribution in [2.45, 2.75) is 31.7 Å². The molecule has 1 heterocycles. The molecule has 0 bridgehead atoms. The normalized spacial score (nSPS) is 18.2. The first-order chi connectivity index (χ1) is 12.5. The molecule has 1 saturated heterocycles. The maximum Gasteiger partial charge on any atom is 0.259 e. The fraction of sp³-hybridized carbons (Fsp3) is 0.250. The van der Waals surface area contributed by atoms with Crippen LogP contribution in [-0.2, 0) is 4.79 Å². The largest absolute Gasteiger partial charge is 0.508 e. The van der Waals surface area contributed by atoms with E-state index in [0.29, 0.717) is 16.5 Å². The molecule has 4 rings (SSSR count). The quantitative estimate of drug-likeness (QED) is 0.638. The van der Waals surface area contributed by atoms with E-state index in [1.165, 1.54) is 0 Å². The summed E-state index contributed by atoms with van der Waals surface area (Å²) in [7, 11) is 0. The fourth-order valence-electron chi connectivity index (χ4n) is 3.71. The minimum absolute atomic E-state index is 0.0169. The molecule has 0 radical (unpaired) electrons. The summed E-state index contributed by atoms with van der Waals surface area (Å²) in [5, 5.41) is 10.0. The molecule has 2 aromatic rings. The lowest BCUT2D eigenvalue weighted by molar-refractivity contribution is -0.123. The van der Waals surface area contributed by atoms with Crippen molar-refractivity contribution in [1.29, 1.82) is 0 Å². The number of carbonyl (C=O) groups excluding carboxylic acids is 1. The molecule has 2 aromatic carbocycles. The lowest BCUT2D eigenvalue weighted by atomic mass is 9.75. The van der Waals surface area contributed by atoms with Crippen molar-refractivity contribution in [3.8, 4) is 5.75 Å².